The lowest BCUT2D eigenvalue weighted by Crippen LogP contribution is -2.49. The minimum atomic E-state index is -0.251. The molecule has 2 saturated heterocycles. The monoisotopic (exact) mass is 281 g/mol. The van der Waals surface area contributed by atoms with Crippen LogP contribution in [0.1, 0.15) is 33.1 Å². The summed E-state index contributed by atoms with van der Waals surface area (Å²) in [6, 6.07) is -0.00514. The van der Waals surface area contributed by atoms with E-state index in [2.05, 4.69) is 24.5 Å². The molecular formula is C14H23N3O3. The third-order valence-corrected chi connectivity index (χ3v) is 3.78. The minimum absolute atomic E-state index is 0.00514. The maximum atomic E-state index is 12.2. The van der Waals surface area contributed by atoms with Crippen LogP contribution in [0.25, 0.3) is 0 Å². The van der Waals surface area contributed by atoms with Crippen molar-refractivity contribution in [1.82, 2.24) is 15.5 Å². The molecule has 0 aromatic rings. The van der Waals surface area contributed by atoms with Gasteiger partial charge in [-0.05, 0) is 12.3 Å². The zero-order valence-electron chi connectivity index (χ0n) is 12.1. The standard InChI is InChI=1S/C14H23N3O3/c1-9(2)7-17-8-10(5-13(17)19)14(20)16-11-3-4-12(18)15-6-11/h9-11H,3-8H2,1-2H3,(H,15,18)(H,16,20). The molecule has 2 unspecified atom stereocenters. The van der Waals surface area contributed by atoms with Crippen LogP contribution in [0.2, 0.25) is 0 Å². The fourth-order valence-corrected chi connectivity index (χ4v) is 2.74. The van der Waals surface area contributed by atoms with Crippen molar-refractivity contribution < 1.29 is 14.4 Å². The van der Waals surface area contributed by atoms with E-state index in [1.54, 1.807) is 4.90 Å². The lowest BCUT2D eigenvalue weighted by Gasteiger charge is -2.25. The first-order valence-electron chi connectivity index (χ1n) is 7.30. The van der Waals surface area contributed by atoms with Gasteiger partial charge < -0.3 is 15.5 Å². The van der Waals surface area contributed by atoms with Crippen LogP contribution in [-0.2, 0) is 14.4 Å². The molecule has 2 rings (SSSR count). The van der Waals surface area contributed by atoms with Crippen molar-refractivity contribution in [1.29, 1.82) is 0 Å². The number of likely N-dealkylation sites (tertiary alicyclic amines) is 1. The number of hydrogen-bond acceptors (Lipinski definition) is 3. The molecule has 2 N–H and O–H groups in total. The maximum absolute atomic E-state index is 12.2. The number of carbonyl (C=O) groups excluding carboxylic acids is 3. The zero-order chi connectivity index (χ0) is 14.7. The van der Waals surface area contributed by atoms with E-state index in [1.807, 2.05) is 0 Å². The molecule has 20 heavy (non-hydrogen) atoms. The van der Waals surface area contributed by atoms with Crippen LogP contribution in [0, 0.1) is 11.8 Å². The Morgan fingerprint density at radius 1 is 1.45 bits per heavy atom. The highest BCUT2D eigenvalue weighted by Gasteiger charge is 2.35. The van der Waals surface area contributed by atoms with Crippen molar-refractivity contribution in [2.24, 2.45) is 11.8 Å². The van der Waals surface area contributed by atoms with Crippen molar-refractivity contribution in [3.8, 4) is 0 Å². The molecule has 2 atom stereocenters. The summed E-state index contributed by atoms with van der Waals surface area (Å²) < 4.78 is 0. The van der Waals surface area contributed by atoms with Gasteiger partial charge in [0, 0.05) is 38.5 Å². The smallest absolute Gasteiger partial charge is 0.225 e. The van der Waals surface area contributed by atoms with E-state index in [1.165, 1.54) is 0 Å². The average molecular weight is 281 g/mol. The Labute approximate surface area is 119 Å². The molecule has 2 heterocycles. The molecular weight excluding hydrogens is 258 g/mol. The first-order chi connectivity index (χ1) is 9.45. The molecule has 0 aromatic heterocycles. The van der Waals surface area contributed by atoms with E-state index < -0.39 is 0 Å². The maximum Gasteiger partial charge on any atom is 0.225 e. The van der Waals surface area contributed by atoms with Crippen LogP contribution in [0.4, 0.5) is 0 Å². The molecule has 2 aliphatic heterocycles. The van der Waals surface area contributed by atoms with Crippen LogP contribution in [0.15, 0.2) is 0 Å². The second kappa shape index (κ2) is 6.24. The number of rotatable bonds is 4. The second-order valence-electron chi connectivity index (χ2n) is 6.14. The SMILES string of the molecule is CC(C)CN1CC(C(=O)NC2CCC(=O)NC2)CC1=O. The van der Waals surface area contributed by atoms with Gasteiger partial charge in [-0.3, -0.25) is 14.4 Å². The van der Waals surface area contributed by atoms with Crippen molar-refractivity contribution in [3.63, 3.8) is 0 Å². The molecule has 6 nitrogen and oxygen atoms in total. The Hall–Kier alpha value is -1.59. The van der Waals surface area contributed by atoms with Crippen LogP contribution in [0.3, 0.4) is 0 Å². The van der Waals surface area contributed by atoms with E-state index in [0.29, 0.717) is 44.8 Å². The Kier molecular flexibility index (Phi) is 4.62. The first-order valence-corrected chi connectivity index (χ1v) is 7.30. The molecule has 0 radical (unpaired) electrons. The Morgan fingerprint density at radius 3 is 2.80 bits per heavy atom. The van der Waals surface area contributed by atoms with Gasteiger partial charge in [0.15, 0.2) is 0 Å². The number of amides is 3. The summed E-state index contributed by atoms with van der Waals surface area (Å²) in [6.45, 7) is 5.84. The zero-order valence-corrected chi connectivity index (χ0v) is 12.1. The predicted octanol–water partition coefficient (Wildman–Crippen LogP) is -0.114. The highest BCUT2D eigenvalue weighted by Crippen LogP contribution is 2.19. The van der Waals surface area contributed by atoms with Crippen LogP contribution < -0.4 is 10.6 Å². The number of nitrogens with one attached hydrogen (secondary N) is 2. The molecule has 2 fully saturated rings. The molecule has 0 spiro atoms. The quantitative estimate of drug-likeness (QED) is 0.754. The summed E-state index contributed by atoms with van der Waals surface area (Å²) >= 11 is 0. The largest absolute Gasteiger partial charge is 0.354 e. The summed E-state index contributed by atoms with van der Waals surface area (Å²) in [5.41, 5.74) is 0. The summed E-state index contributed by atoms with van der Waals surface area (Å²) in [5.74, 6) is 0.199. The summed E-state index contributed by atoms with van der Waals surface area (Å²) in [6.07, 6.45) is 1.43. The average Bonchev–Trinajstić information content (AvgIpc) is 2.73. The van der Waals surface area contributed by atoms with Crippen molar-refractivity contribution in [3.05, 3.63) is 0 Å². The van der Waals surface area contributed by atoms with Crippen molar-refractivity contribution in [2.75, 3.05) is 19.6 Å². The number of piperidine rings is 1. The normalized spacial score (nSPS) is 26.9. The van der Waals surface area contributed by atoms with Gasteiger partial charge in [-0.2, -0.15) is 0 Å². The van der Waals surface area contributed by atoms with E-state index in [0.717, 1.165) is 0 Å². The number of nitrogens with zero attached hydrogens (tertiary/aromatic N) is 1. The van der Waals surface area contributed by atoms with Crippen LogP contribution in [-0.4, -0.2) is 48.3 Å². The molecule has 0 aliphatic carbocycles. The Morgan fingerprint density at radius 2 is 2.20 bits per heavy atom. The Bertz CT molecular complexity index is 398. The molecule has 3 amide bonds. The van der Waals surface area contributed by atoms with Gasteiger partial charge >= 0.3 is 0 Å². The minimum Gasteiger partial charge on any atom is -0.354 e. The number of hydrogen-bond donors (Lipinski definition) is 2. The van der Waals surface area contributed by atoms with E-state index in [4.69, 9.17) is 0 Å². The van der Waals surface area contributed by atoms with E-state index in [-0.39, 0.29) is 29.7 Å². The highest BCUT2D eigenvalue weighted by atomic mass is 16.2. The second-order valence-corrected chi connectivity index (χ2v) is 6.14. The van der Waals surface area contributed by atoms with E-state index >= 15 is 0 Å². The Balaban J connectivity index is 1.81. The van der Waals surface area contributed by atoms with Crippen LogP contribution in [0.5, 0.6) is 0 Å². The van der Waals surface area contributed by atoms with E-state index in [9.17, 15) is 14.4 Å². The fourth-order valence-electron chi connectivity index (χ4n) is 2.74. The van der Waals surface area contributed by atoms with Crippen molar-refractivity contribution in [2.45, 2.75) is 39.2 Å². The lowest BCUT2D eigenvalue weighted by molar-refractivity contribution is -0.129. The fraction of sp³-hybridized carbons (Fsp3) is 0.786. The van der Waals surface area contributed by atoms with Crippen LogP contribution >= 0.6 is 0 Å². The van der Waals surface area contributed by atoms with Gasteiger partial charge in [0.25, 0.3) is 0 Å². The molecule has 0 saturated carbocycles. The lowest BCUT2D eigenvalue weighted by atomic mass is 10.0. The molecule has 2 aliphatic rings. The van der Waals surface area contributed by atoms with Gasteiger partial charge in [0.2, 0.25) is 17.7 Å². The van der Waals surface area contributed by atoms with Gasteiger partial charge in [-0.25, -0.2) is 0 Å². The third kappa shape index (κ3) is 3.71. The van der Waals surface area contributed by atoms with Gasteiger partial charge in [-0.1, -0.05) is 13.8 Å². The molecule has 6 heteroatoms. The topological polar surface area (TPSA) is 78.5 Å². The van der Waals surface area contributed by atoms with Gasteiger partial charge in [0.1, 0.15) is 0 Å². The molecule has 0 bridgehead atoms. The summed E-state index contributed by atoms with van der Waals surface area (Å²) in [4.78, 5) is 36.9. The molecule has 0 aromatic carbocycles. The number of carbonyl (C=O) groups is 3. The van der Waals surface area contributed by atoms with Gasteiger partial charge in [-0.15, -0.1) is 0 Å². The predicted molar refractivity (Wildman–Crippen MR) is 73.7 cm³/mol. The first kappa shape index (κ1) is 14.8. The summed E-state index contributed by atoms with van der Waals surface area (Å²) in [5, 5.41) is 5.68. The summed E-state index contributed by atoms with van der Waals surface area (Å²) in [7, 11) is 0. The van der Waals surface area contributed by atoms with Gasteiger partial charge in [0.05, 0.1) is 5.92 Å². The highest BCUT2D eigenvalue weighted by molar-refractivity contribution is 5.89. The third-order valence-electron chi connectivity index (χ3n) is 3.78. The molecule has 112 valence electrons. The van der Waals surface area contributed by atoms with Crippen molar-refractivity contribution >= 4 is 17.7 Å².